The lowest BCUT2D eigenvalue weighted by atomic mass is 9.79. The highest BCUT2D eigenvalue weighted by Gasteiger charge is 2.63. The summed E-state index contributed by atoms with van der Waals surface area (Å²) in [6.45, 7) is 1.81. The number of amides is 1. The van der Waals surface area contributed by atoms with Gasteiger partial charge in [0.25, 0.3) is 0 Å². The van der Waals surface area contributed by atoms with Crippen LogP contribution in [0.4, 0.5) is 0 Å². The zero-order chi connectivity index (χ0) is 28.6. The average Bonchev–Trinajstić information content (AvgIpc) is 2.94. The first-order valence-corrected chi connectivity index (χ1v) is 13.5. The number of aliphatic hydroxyl groups excluding tert-OH is 2. The molecule has 2 saturated heterocycles. The highest BCUT2D eigenvalue weighted by atomic mass is 16.8. The molecule has 40 heavy (non-hydrogen) atoms. The molecule has 0 bridgehead atoms. The van der Waals surface area contributed by atoms with Crippen LogP contribution >= 0.6 is 0 Å². The lowest BCUT2D eigenvalue weighted by molar-refractivity contribution is -0.449. The van der Waals surface area contributed by atoms with Crippen molar-refractivity contribution in [3.63, 3.8) is 0 Å². The highest BCUT2D eigenvalue weighted by molar-refractivity contribution is 5.78. The summed E-state index contributed by atoms with van der Waals surface area (Å²) in [5.41, 5.74) is 2.39. The molecule has 1 aliphatic carbocycles. The fourth-order valence-corrected chi connectivity index (χ4v) is 5.93. The largest absolute Gasteiger partial charge is 0.497 e. The molecule has 1 aromatic heterocycles. The summed E-state index contributed by atoms with van der Waals surface area (Å²) in [5, 5.41) is 42.3. The van der Waals surface area contributed by atoms with Crippen LogP contribution in [0.25, 0.3) is 11.1 Å². The van der Waals surface area contributed by atoms with E-state index in [1.165, 1.54) is 0 Å². The topological polar surface area (TPSA) is 164 Å². The number of nitrogens with one attached hydrogen (secondary N) is 3. The third-order valence-corrected chi connectivity index (χ3v) is 8.06. The van der Waals surface area contributed by atoms with Crippen molar-refractivity contribution in [3.8, 4) is 16.9 Å². The minimum atomic E-state index is -2.05. The van der Waals surface area contributed by atoms with E-state index in [0.29, 0.717) is 5.69 Å². The molecule has 10 atom stereocenters. The fourth-order valence-electron chi connectivity index (χ4n) is 5.93. The lowest BCUT2D eigenvalue weighted by Gasteiger charge is -2.58. The third kappa shape index (κ3) is 5.33. The summed E-state index contributed by atoms with van der Waals surface area (Å²) in [4.78, 5) is 17.6. The van der Waals surface area contributed by atoms with Gasteiger partial charge in [0.05, 0.1) is 43.9 Å². The van der Waals surface area contributed by atoms with E-state index in [2.05, 4.69) is 20.9 Å². The summed E-state index contributed by atoms with van der Waals surface area (Å²) >= 11 is 0. The number of fused-ring (bicyclic) bond motifs is 2. The summed E-state index contributed by atoms with van der Waals surface area (Å²) in [6.07, 6.45) is -3.65. The monoisotopic (exact) mass is 558 g/mol. The molecule has 3 fully saturated rings. The van der Waals surface area contributed by atoms with Crippen LogP contribution in [0.3, 0.4) is 0 Å². The Morgan fingerprint density at radius 1 is 1.07 bits per heavy atom. The smallest absolute Gasteiger partial charge is 0.239 e. The number of carbonyl (C=O) groups is 1. The average molecular weight is 559 g/mol. The standard InChI is InChI=1S/C28H38N4O8/c1-14-10-19(32-20(33)12-17-9-8-16(13-31-17)15-6-5-7-18(11-15)37-4)28(36)27(38-14)39-26-24(35)21(29-2)23(34)22(30-3)25(26)40-28/h5-9,11,13-14,19,21-27,29-30,34-36H,10,12H2,1-4H3,(H,32,33)/t14-,19-,21-,22+,23+,24+,25?,26?,27?,28+/m1/s1. The van der Waals surface area contributed by atoms with Gasteiger partial charge in [0.15, 0.2) is 0 Å². The molecule has 3 heterocycles. The van der Waals surface area contributed by atoms with E-state index in [1.807, 2.05) is 30.3 Å². The molecule has 2 aliphatic heterocycles. The van der Waals surface area contributed by atoms with Gasteiger partial charge < -0.3 is 50.2 Å². The molecular weight excluding hydrogens is 520 g/mol. The van der Waals surface area contributed by atoms with Crippen molar-refractivity contribution in [2.75, 3.05) is 21.2 Å². The highest BCUT2D eigenvalue weighted by Crippen LogP contribution is 2.42. The summed E-state index contributed by atoms with van der Waals surface area (Å²) in [5.74, 6) is -1.67. The van der Waals surface area contributed by atoms with E-state index in [9.17, 15) is 20.1 Å². The van der Waals surface area contributed by atoms with Crippen LogP contribution < -0.4 is 20.7 Å². The van der Waals surface area contributed by atoms with Gasteiger partial charge in [-0.25, -0.2) is 0 Å². The van der Waals surface area contributed by atoms with Gasteiger partial charge in [-0.2, -0.15) is 0 Å². The molecule has 3 aliphatic rings. The van der Waals surface area contributed by atoms with E-state index in [0.717, 1.165) is 16.9 Å². The summed E-state index contributed by atoms with van der Waals surface area (Å²) in [7, 11) is 4.90. The third-order valence-electron chi connectivity index (χ3n) is 8.06. The van der Waals surface area contributed by atoms with Crippen molar-refractivity contribution in [1.29, 1.82) is 0 Å². The van der Waals surface area contributed by atoms with Crippen molar-refractivity contribution >= 4 is 5.91 Å². The Morgan fingerprint density at radius 2 is 1.85 bits per heavy atom. The number of ether oxygens (including phenoxy) is 4. The van der Waals surface area contributed by atoms with E-state index in [-0.39, 0.29) is 24.9 Å². The lowest BCUT2D eigenvalue weighted by Crippen LogP contribution is -2.79. The normalized spacial score (nSPS) is 37.2. The quantitative estimate of drug-likeness (QED) is 0.255. The van der Waals surface area contributed by atoms with Crippen LogP contribution in [0.15, 0.2) is 42.6 Å². The first-order chi connectivity index (χ1) is 19.2. The van der Waals surface area contributed by atoms with Crippen molar-refractivity contribution in [2.24, 2.45) is 0 Å². The molecule has 2 aromatic rings. The number of pyridine rings is 1. The number of aliphatic hydroxyl groups is 3. The van der Waals surface area contributed by atoms with Crippen LogP contribution in [0.2, 0.25) is 0 Å². The predicted octanol–water partition coefficient (Wildman–Crippen LogP) is -0.697. The number of likely N-dealkylation sites (N-methyl/N-ethyl adjacent to an activating group) is 2. The SMILES string of the molecule is CN[C@@H]1[C@H](O)[C@H](NC)C2O[C@]3(O)C(OC2[C@H]1O)O[C@H](C)C[C@H]3NC(=O)Cc1ccc(-c2cccc(OC)c2)cn1. The number of rotatable bonds is 7. The van der Waals surface area contributed by atoms with Gasteiger partial charge in [0.1, 0.15) is 24.1 Å². The zero-order valence-electron chi connectivity index (χ0n) is 23.0. The van der Waals surface area contributed by atoms with E-state index < -0.39 is 54.6 Å². The molecule has 12 heteroatoms. The van der Waals surface area contributed by atoms with Crippen molar-refractivity contribution < 1.29 is 39.1 Å². The van der Waals surface area contributed by atoms with Crippen LogP contribution in [0.1, 0.15) is 19.0 Å². The molecule has 0 radical (unpaired) electrons. The number of benzene rings is 1. The minimum Gasteiger partial charge on any atom is -0.497 e. The Morgan fingerprint density at radius 3 is 2.52 bits per heavy atom. The van der Waals surface area contributed by atoms with Gasteiger partial charge in [0.2, 0.25) is 18.0 Å². The number of aromatic nitrogens is 1. The van der Waals surface area contributed by atoms with Gasteiger partial charge in [-0.15, -0.1) is 0 Å². The second-order valence-corrected chi connectivity index (χ2v) is 10.6. The van der Waals surface area contributed by atoms with Crippen LogP contribution in [-0.2, 0) is 25.4 Å². The first-order valence-electron chi connectivity index (χ1n) is 13.5. The molecule has 1 amide bonds. The number of carbonyl (C=O) groups excluding carboxylic acids is 1. The molecule has 218 valence electrons. The summed E-state index contributed by atoms with van der Waals surface area (Å²) in [6, 6.07) is 9.06. The van der Waals surface area contributed by atoms with Crippen molar-refractivity contribution in [3.05, 3.63) is 48.3 Å². The Bertz CT molecular complexity index is 1190. The molecule has 6 N–H and O–H groups in total. The maximum atomic E-state index is 13.1. The molecule has 12 nitrogen and oxygen atoms in total. The molecular formula is C28H38N4O8. The second kappa shape index (κ2) is 11.7. The van der Waals surface area contributed by atoms with E-state index in [4.69, 9.17) is 18.9 Å². The Hall–Kier alpha value is -2.68. The van der Waals surface area contributed by atoms with Gasteiger partial charge in [-0.3, -0.25) is 9.78 Å². The van der Waals surface area contributed by atoms with Crippen molar-refractivity contribution in [1.82, 2.24) is 20.9 Å². The Balaban J connectivity index is 1.30. The Labute approximate surface area is 233 Å². The maximum Gasteiger partial charge on any atom is 0.239 e. The molecule has 0 spiro atoms. The van der Waals surface area contributed by atoms with Crippen LogP contribution in [0.5, 0.6) is 5.75 Å². The fraction of sp³-hybridized carbons (Fsp3) is 0.571. The van der Waals surface area contributed by atoms with Gasteiger partial charge in [0, 0.05) is 17.5 Å². The van der Waals surface area contributed by atoms with Crippen LogP contribution in [-0.4, -0.2) is 108 Å². The number of hydrogen-bond acceptors (Lipinski definition) is 11. The number of nitrogens with zero attached hydrogens (tertiary/aromatic N) is 1. The molecule has 5 rings (SSSR count). The van der Waals surface area contributed by atoms with E-state index >= 15 is 0 Å². The molecule has 3 unspecified atom stereocenters. The van der Waals surface area contributed by atoms with Crippen molar-refractivity contribution in [2.45, 2.75) is 80.5 Å². The van der Waals surface area contributed by atoms with E-state index in [1.54, 1.807) is 40.4 Å². The second-order valence-electron chi connectivity index (χ2n) is 10.6. The number of methoxy groups -OCH3 is 1. The zero-order valence-corrected chi connectivity index (χ0v) is 23.0. The first kappa shape index (κ1) is 28.8. The predicted molar refractivity (Wildman–Crippen MR) is 143 cm³/mol. The Kier molecular flexibility index (Phi) is 8.41. The summed E-state index contributed by atoms with van der Waals surface area (Å²) < 4.78 is 23.4. The van der Waals surface area contributed by atoms with Gasteiger partial charge in [-0.1, -0.05) is 18.2 Å². The van der Waals surface area contributed by atoms with Gasteiger partial charge >= 0.3 is 0 Å². The maximum absolute atomic E-state index is 13.1. The number of hydrogen-bond donors (Lipinski definition) is 6. The van der Waals surface area contributed by atoms with Crippen LogP contribution in [0, 0.1) is 0 Å². The molecule has 1 aromatic carbocycles. The minimum absolute atomic E-state index is 0.0157. The van der Waals surface area contributed by atoms with Gasteiger partial charge in [-0.05, 0) is 51.2 Å². The molecule has 1 saturated carbocycles.